The topological polar surface area (TPSA) is 110 Å². The molecular formula is C17H20N2O6. The molecule has 0 bridgehead atoms. The summed E-state index contributed by atoms with van der Waals surface area (Å²) in [5.74, 6) is -1.18. The van der Waals surface area contributed by atoms with Crippen molar-refractivity contribution in [3.05, 3.63) is 39.9 Å². The fraction of sp³-hybridized carbons (Fsp3) is 0.529. The minimum Gasteiger partial charge on any atom is -0.480 e. The molecule has 0 aromatic heterocycles. The van der Waals surface area contributed by atoms with E-state index in [1.165, 1.54) is 29.2 Å². The summed E-state index contributed by atoms with van der Waals surface area (Å²) in [6.45, 7) is 2.05. The van der Waals surface area contributed by atoms with Gasteiger partial charge >= 0.3 is 5.97 Å². The van der Waals surface area contributed by atoms with Gasteiger partial charge in [0.1, 0.15) is 5.72 Å². The van der Waals surface area contributed by atoms with E-state index in [2.05, 4.69) is 6.92 Å². The van der Waals surface area contributed by atoms with Gasteiger partial charge in [-0.1, -0.05) is 13.0 Å². The van der Waals surface area contributed by atoms with E-state index in [0.717, 1.165) is 12.8 Å². The number of carboxylic acids is 1. The number of non-ortho nitro benzene ring substituents is 1. The minimum atomic E-state index is -1.13. The van der Waals surface area contributed by atoms with Crippen LogP contribution >= 0.6 is 0 Å². The van der Waals surface area contributed by atoms with Crippen molar-refractivity contribution in [2.45, 2.75) is 44.4 Å². The summed E-state index contributed by atoms with van der Waals surface area (Å²) in [4.78, 5) is 36.4. The molecule has 1 spiro atoms. The Morgan fingerprint density at radius 1 is 1.36 bits per heavy atom. The van der Waals surface area contributed by atoms with Gasteiger partial charge in [-0.3, -0.25) is 19.8 Å². The van der Waals surface area contributed by atoms with Crippen molar-refractivity contribution >= 4 is 17.6 Å². The average molecular weight is 348 g/mol. The first-order valence-electron chi connectivity index (χ1n) is 8.29. The van der Waals surface area contributed by atoms with Crippen LogP contribution in [0.5, 0.6) is 0 Å². The molecule has 1 atom stereocenters. The summed E-state index contributed by atoms with van der Waals surface area (Å²) in [5.41, 5.74) is -1.04. The van der Waals surface area contributed by atoms with E-state index >= 15 is 0 Å². The van der Waals surface area contributed by atoms with Gasteiger partial charge in [-0.05, 0) is 37.7 Å². The molecule has 1 saturated carbocycles. The molecule has 2 aliphatic rings. The molecule has 8 nitrogen and oxygen atoms in total. The van der Waals surface area contributed by atoms with E-state index in [0.29, 0.717) is 18.8 Å². The standard InChI is InChI=1S/C17H20N2O6/c1-11-5-7-17(8-6-11)18(14(10-25-17)16(21)22)15(20)12-3-2-4-13(9-12)19(23)24/h2-4,9,11,14H,5-8,10H2,1H3,(H,21,22)/t11?,14-,17?/m1/s1. The van der Waals surface area contributed by atoms with Crippen LogP contribution in [0.3, 0.4) is 0 Å². The second-order valence-electron chi connectivity index (χ2n) is 6.78. The van der Waals surface area contributed by atoms with Crippen LogP contribution in [0.1, 0.15) is 43.0 Å². The zero-order valence-corrected chi connectivity index (χ0v) is 13.9. The summed E-state index contributed by atoms with van der Waals surface area (Å²) >= 11 is 0. The van der Waals surface area contributed by atoms with Gasteiger partial charge in [0.2, 0.25) is 0 Å². The molecule has 0 radical (unpaired) electrons. The molecule has 1 heterocycles. The Morgan fingerprint density at radius 3 is 2.64 bits per heavy atom. The van der Waals surface area contributed by atoms with Gasteiger partial charge in [0, 0.05) is 17.7 Å². The maximum absolute atomic E-state index is 13.1. The van der Waals surface area contributed by atoms with E-state index in [1.54, 1.807) is 0 Å². The van der Waals surface area contributed by atoms with E-state index in [-0.39, 0.29) is 17.9 Å². The van der Waals surface area contributed by atoms with Crippen LogP contribution in [-0.4, -0.2) is 45.2 Å². The smallest absolute Gasteiger partial charge is 0.328 e. The van der Waals surface area contributed by atoms with Crippen LogP contribution in [0.4, 0.5) is 5.69 Å². The summed E-state index contributed by atoms with van der Waals surface area (Å²) < 4.78 is 5.83. The lowest BCUT2D eigenvalue weighted by Gasteiger charge is -2.42. The van der Waals surface area contributed by atoms with Gasteiger partial charge in [0.05, 0.1) is 11.5 Å². The Balaban J connectivity index is 1.97. The summed E-state index contributed by atoms with van der Waals surface area (Å²) in [6, 6.07) is 4.28. The van der Waals surface area contributed by atoms with Crippen molar-refractivity contribution in [3.63, 3.8) is 0 Å². The lowest BCUT2D eigenvalue weighted by atomic mass is 9.83. The third-order valence-corrected chi connectivity index (χ3v) is 5.12. The Hall–Kier alpha value is -2.48. The number of carbonyl (C=O) groups excluding carboxylic acids is 1. The number of hydrogen-bond donors (Lipinski definition) is 1. The fourth-order valence-corrected chi connectivity index (χ4v) is 3.66. The number of amides is 1. The number of nitro benzene ring substituents is 1. The highest BCUT2D eigenvalue weighted by molar-refractivity contribution is 5.98. The first kappa shape index (κ1) is 17.3. The lowest BCUT2D eigenvalue weighted by molar-refractivity contribution is -0.384. The zero-order chi connectivity index (χ0) is 18.2. The Kier molecular flexibility index (Phi) is 4.47. The predicted molar refractivity (Wildman–Crippen MR) is 87.0 cm³/mol. The number of nitrogens with zero attached hydrogens (tertiary/aromatic N) is 2. The molecule has 8 heteroatoms. The monoisotopic (exact) mass is 348 g/mol. The molecule has 134 valence electrons. The van der Waals surface area contributed by atoms with Crippen molar-refractivity contribution in [1.82, 2.24) is 4.90 Å². The van der Waals surface area contributed by atoms with E-state index in [1.807, 2.05) is 0 Å². The van der Waals surface area contributed by atoms with Crippen molar-refractivity contribution in [2.24, 2.45) is 5.92 Å². The van der Waals surface area contributed by atoms with Crippen molar-refractivity contribution in [2.75, 3.05) is 6.61 Å². The van der Waals surface area contributed by atoms with Crippen molar-refractivity contribution in [1.29, 1.82) is 0 Å². The summed E-state index contributed by atoms with van der Waals surface area (Å²) in [5, 5.41) is 20.5. The van der Waals surface area contributed by atoms with Gasteiger partial charge in [-0.15, -0.1) is 0 Å². The van der Waals surface area contributed by atoms with E-state index in [4.69, 9.17) is 4.74 Å². The highest BCUT2D eigenvalue weighted by Gasteiger charge is 2.53. The fourth-order valence-electron chi connectivity index (χ4n) is 3.66. The highest BCUT2D eigenvalue weighted by Crippen LogP contribution is 2.43. The first-order chi connectivity index (χ1) is 11.8. The van der Waals surface area contributed by atoms with Crippen LogP contribution in [-0.2, 0) is 9.53 Å². The number of hydrogen-bond acceptors (Lipinski definition) is 5. The molecule has 1 aromatic carbocycles. The van der Waals surface area contributed by atoms with Crippen molar-refractivity contribution < 1.29 is 24.4 Å². The zero-order valence-electron chi connectivity index (χ0n) is 13.9. The lowest BCUT2D eigenvalue weighted by Crippen LogP contribution is -2.55. The van der Waals surface area contributed by atoms with E-state index < -0.39 is 28.6 Å². The quantitative estimate of drug-likeness (QED) is 0.663. The van der Waals surface area contributed by atoms with Crippen molar-refractivity contribution in [3.8, 4) is 0 Å². The van der Waals surface area contributed by atoms with Crippen LogP contribution in [0.2, 0.25) is 0 Å². The number of rotatable bonds is 3. The molecule has 1 saturated heterocycles. The molecule has 1 amide bonds. The Bertz CT molecular complexity index is 711. The molecule has 0 unspecified atom stereocenters. The molecule has 1 aliphatic carbocycles. The van der Waals surface area contributed by atoms with Gasteiger partial charge < -0.3 is 9.84 Å². The molecular weight excluding hydrogens is 328 g/mol. The maximum Gasteiger partial charge on any atom is 0.328 e. The third kappa shape index (κ3) is 3.09. The Morgan fingerprint density at radius 2 is 2.04 bits per heavy atom. The summed E-state index contributed by atoms with van der Waals surface area (Å²) in [6.07, 6.45) is 2.81. The first-order valence-corrected chi connectivity index (χ1v) is 8.29. The normalized spacial score (nSPS) is 28.9. The van der Waals surface area contributed by atoms with E-state index in [9.17, 15) is 24.8 Å². The second-order valence-corrected chi connectivity index (χ2v) is 6.78. The minimum absolute atomic E-state index is 0.0651. The van der Waals surface area contributed by atoms with Crippen LogP contribution in [0.25, 0.3) is 0 Å². The second kappa shape index (κ2) is 6.44. The maximum atomic E-state index is 13.1. The number of aliphatic carboxylic acids is 1. The van der Waals surface area contributed by atoms with Crippen LogP contribution in [0.15, 0.2) is 24.3 Å². The van der Waals surface area contributed by atoms with Crippen LogP contribution in [0, 0.1) is 16.0 Å². The Labute approximate surface area is 144 Å². The number of nitro groups is 1. The largest absolute Gasteiger partial charge is 0.480 e. The van der Waals surface area contributed by atoms with Gasteiger partial charge in [0.15, 0.2) is 6.04 Å². The molecule has 1 aliphatic heterocycles. The molecule has 1 aromatic rings. The molecule has 3 rings (SSSR count). The predicted octanol–water partition coefficient (Wildman–Crippen LogP) is 2.43. The van der Waals surface area contributed by atoms with Gasteiger partial charge in [0.25, 0.3) is 11.6 Å². The number of carboxylic acid groups (broad SMARTS) is 1. The van der Waals surface area contributed by atoms with Crippen LogP contribution < -0.4 is 0 Å². The van der Waals surface area contributed by atoms with Gasteiger partial charge in [-0.2, -0.15) is 0 Å². The number of carbonyl (C=O) groups is 2. The average Bonchev–Trinajstić information content (AvgIpc) is 2.96. The third-order valence-electron chi connectivity index (χ3n) is 5.12. The number of ether oxygens (including phenoxy) is 1. The summed E-state index contributed by atoms with van der Waals surface area (Å²) in [7, 11) is 0. The SMILES string of the molecule is CC1CCC2(CC1)OC[C@H](C(=O)O)N2C(=O)c1cccc([N+](=O)[O-])c1. The molecule has 1 N–H and O–H groups in total. The number of benzene rings is 1. The van der Waals surface area contributed by atoms with Gasteiger partial charge in [-0.25, -0.2) is 4.79 Å². The molecule has 2 fully saturated rings. The highest BCUT2D eigenvalue weighted by atomic mass is 16.6. The molecule has 25 heavy (non-hydrogen) atoms.